The van der Waals surface area contributed by atoms with Crippen molar-refractivity contribution in [2.75, 3.05) is 24.7 Å². The van der Waals surface area contributed by atoms with Gasteiger partial charge in [-0.2, -0.15) is 0 Å². The van der Waals surface area contributed by atoms with Crippen molar-refractivity contribution in [3.63, 3.8) is 0 Å². The number of carbonyl (C=O) groups is 6. The van der Waals surface area contributed by atoms with Crippen LogP contribution in [0.4, 0.5) is 5.69 Å². The van der Waals surface area contributed by atoms with Gasteiger partial charge in [0, 0.05) is 5.69 Å². The van der Waals surface area contributed by atoms with Gasteiger partial charge in [-0.3, -0.25) is 33.7 Å². The molecular weight excluding hydrogens is 790 g/mol. The molecule has 0 radical (unpaired) electrons. The van der Waals surface area contributed by atoms with Crippen molar-refractivity contribution in [2.24, 2.45) is 17.4 Å². The van der Waals surface area contributed by atoms with Crippen molar-refractivity contribution in [3.05, 3.63) is 60.2 Å². The normalized spacial score (nSPS) is 21.9. The van der Waals surface area contributed by atoms with E-state index in [4.69, 9.17) is 20.9 Å². The van der Waals surface area contributed by atoms with E-state index in [0.29, 0.717) is 5.56 Å². The summed E-state index contributed by atoms with van der Waals surface area (Å²) in [5, 5.41) is 69.4. The quantitative estimate of drug-likeness (QED) is 0.0570. The Morgan fingerprint density at radius 2 is 1.43 bits per heavy atom. The SMILES string of the molecule is CC(C)CC(NC(=O)C(C)N(C(=O)CNC(=O)C(NC(=O)C(N)Cc1ccc(O)cc1)C(C)O)c1ccccc1)C(=O)NC(COC1O[C@H](CO)[C@@H](O)[C@H](O)[C@H]1O)C(N)=O. The summed E-state index contributed by atoms with van der Waals surface area (Å²) in [6.07, 6.45) is -9.48. The maximum atomic E-state index is 13.8. The molecule has 6 amide bonds. The molecule has 0 aromatic heterocycles. The number of nitrogens with zero attached hydrogens (tertiary/aromatic N) is 1. The number of para-hydroxylation sites is 1. The molecule has 332 valence electrons. The highest BCUT2D eigenvalue weighted by Crippen LogP contribution is 2.22. The van der Waals surface area contributed by atoms with E-state index in [1.165, 1.54) is 38.1 Å². The van der Waals surface area contributed by atoms with Gasteiger partial charge < -0.3 is 72.8 Å². The summed E-state index contributed by atoms with van der Waals surface area (Å²) in [4.78, 5) is 80.8. The minimum atomic E-state index is -1.79. The fourth-order valence-electron chi connectivity index (χ4n) is 6.15. The molecule has 3 rings (SSSR count). The molecule has 21 nitrogen and oxygen atoms in total. The first kappa shape index (κ1) is 49.1. The van der Waals surface area contributed by atoms with Crippen LogP contribution in [-0.4, -0.2) is 153 Å². The van der Waals surface area contributed by atoms with Crippen molar-refractivity contribution in [1.82, 2.24) is 21.3 Å². The van der Waals surface area contributed by atoms with E-state index >= 15 is 0 Å². The van der Waals surface area contributed by atoms with Gasteiger partial charge in [0.05, 0.1) is 31.9 Å². The van der Waals surface area contributed by atoms with Crippen LogP contribution in [-0.2, 0) is 44.7 Å². The number of nitrogens with two attached hydrogens (primary N) is 2. The van der Waals surface area contributed by atoms with Crippen LogP contribution in [0.15, 0.2) is 54.6 Å². The zero-order valence-electron chi connectivity index (χ0n) is 33.7. The second-order valence-corrected chi connectivity index (χ2v) is 14.9. The van der Waals surface area contributed by atoms with Crippen LogP contribution in [0.2, 0.25) is 0 Å². The number of rotatable bonds is 21. The van der Waals surface area contributed by atoms with Crippen LogP contribution in [0, 0.1) is 5.92 Å². The lowest BCUT2D eigenvalue weighted by Gasteiger charge is -2.39. The van der Waals surface area contributed by atoms with E-state index in [1.807, 2.05) is 0 Å². The first-order valence-corrected chi connectivity index (χ1v) is 19.2. The van der Waals surface area contributed by atoms with Gasteiger partial charge in [-0.25, -0.2) is 0 Å². The number of phenolic OH excluding ortho intramolecular Hbond substituents is 1. The number of nitrogens with one attached hydrogen (secondary N) is 4. The van der Waals surface area contributed by atoms with Gasteiger partial charge in [0.1, 0.15) is 54.3 Å². The molecule has 0 saturated carbocycles. The monoisotopic (exact) mass is 847 g/mol. The fraction of sp³-hybridized carbons (Fsp3) is 0.538. The highest BCUT2D eigenvalue weighted by atomic mass is 16.7. The van der Waals surface area contributed by atoms with Crippen LogP contribution in [0.25, 0.3) is 0 Å². The highest BCUT2D eigenvalue weighted by Gasteiger charge is 2.44. The Hall–Kier alpha value is -5.26. The number of hydrogen-bond acceptors (Lipinski definition) is 15. The molecule has 14 N–H and O–H groups in total. The van der Waals surface area contributed by atoms with Gasteiger partial charge in [0.25, 0.3) is 0 Å². The molecule has 7 unspecified atom stereocenters. The zero-order valence-corrected chi connectivity index (χ0v) is 33.7. The van der Waals surface area contributed by atoms with Gasteiger partial charge in [-0.1, -0.05) is 44.2 Å². The van der Waals surface area contributed by atoms with E-state index in [0.717, 1.165) is 4.90 Å². The number of aliphatic hydroxyl groups is 5. The minimum absolute atomic E-state index is 0.0226. The number of hydrogen-bond donors (Lipinski definition) is 12. The highest BCUT2D eigenvalue weighted by molar-refractivity contribution is 6.04. The largest absolute Gasteiger partial charge is 0.508 e. The Labute approximate surface area is 346 Å². The van der Waals surface area contributed by atoms with Crippen molar-refractivity contribution in [1.29, 1.82) is 0 Å². The van der Waals surface area contributed by atoms with E-state index < -0.39 is 122 Å². The summed E-state index contributed by atoms with van der Waals surface area (Å²) >= 11 is 0. The molecule has 0 aliphatic carbocycles. The molecule has 11 atom stereocenters. The van der Waals surface area contributed by atoms with E-state index in [2.05, 4.69) is 21.3 Å². The molecule has 1 saturated heterocycles. The number of aliphatic hydroxyl groups excluding tert-OH is 5. The van der Waals surface area contributed by atoms with E-state index in [1.54, 1.807) is 44.2 Å². The van der Waals surface area contributed by atoms with Crippen molar-refractivity contribution in [3.8, 4) is 5.75 Å². The summed E-state index contributed by atoms with van der Waals surface area (Å²) in [7, 11) is 0. The van der Waals surface area contributed by atoms with Gasteiger partial charge in [-0.05, 0) is 62.4 Å². The number of amides is 6. The van der Waals surface area contributed by atoms with Gasteiger partial charge in [-0.15, -0.1) is 0 Å². The van der Waals surface area contributed by atoms with Gasteiger partial charge >= 0.3 is 0 Å². The van der Waals surface area contributed by atoms with Gasteiger partial charge in [0.15, 0.2) is 6.29 Å². The number of aromatic hydroxyl groups is 1. The first-order chi connectivity index (χ1) is 28.2. The fourth-order valence-corrected chi connectivity index (χ4v) is 6.15. The lowest BCUT2D eigenvalue weighted by molar-refractivity contribution is -0.301. The lowest BCUT2D eigenvalue weighted by atomic mass is 9.99. The molecule has 1 heterocycles. The smallest absolute Gasteiger partial charge is 0.247 e. The third kappa shape index (κ3) is 13.9. The minimum Gasteiger partial charge on any atom is -0.508 e. The Balaban J connectivity index is 1.71. The summed E-state index contributed by atoms with van der Waals surface area (Å²) in [6.45, 7) is 4.04. The molecule has 1 aliphatic heterocycles. The summed E-state index contributed by atoms with van der Waals surface area (Å²) < 4.78 is 10.7. The number of benzene rings is 2. The van der Waals surface area contributed by atoms with Crippen molar-refractivity contribution in [2.45, 2.75) is 108 Å². The predicted molar refractivity (Wildman–Crippen MR) is 212 cm³/mol. The topological polar surface area (TPSA) is 346 Å². The van der Waals surface area contributed by atoms with Crippen molar-refractivity contribution < 1.29 is 68.9 Å². The Morgan fingerprint density at radius 1 is 0.817 bits per heavy atom. The Morgan fingerprint density at radius 3 is 2.00 bits per heavy atom. The standard InChI is InChI=1S/C39H57N7O14/c1-19(2)14-26(37(57)44-27(34(41)54)18-59-39-33(53)32(52)31(51)28(17-47)60-39)43-35(55)20(3)46(23-8-6-5-7-9-23)29(50)16-42-38(58)30(21(4)48)45-36(56)25(40)15-22-10-12-24(49)13-11-22/h5-13,19-21,25-28,30-33,39,47-49,51-53H,14-18,40H2,1-4H3,(H2,41,54)(H,42,58)(H,43,55)(H,44,57)(H,45,56)/t20?,21?,25?,26?,27?,28-,30?,31-,32+,33-,39?/m1/s1. The molecule has 2 aromatic rings. The second-order valence-electron chi connectivity index (χ2n) is 14.9. The van der Waals surface area contributed by atoms with Crippen LogP contribution in [0.1, 0.15) is 39.7 Å². The van der Waals surface area contributed by atoms with Crippen LogP contribution in [0.5, 0.6) is 5.75 Å². The number of ether oxygens (including phenoxy) is 2. The second kappa shape index (κ2) is 22.9. The third-order valence-electron chi connectivity index (χ3n) is 9.55. The average Bonchev–Trinajstić information content (AvgIpc) is 3.20. The molecule has 21 heteroatoms. The number of carbonyl (C=O) groups excluding carboxylic acids is 6. The van der Waals surface area contributed by atoms with E-state index in [-0.39, 0.29) is 30.2 Å². The predicted octanol–water partition coefficient (Wildman–Crippen LogP) is -4.02. The Bertz CT molecular complexity index is 1750. The molecule has 2 aromatic carbocycles. The zero-order chi connectivity index (χ0) is 44.8. The molecular formula is C39H57N7O14. The average molecular weight is 848 g/mol. The van der Waals surface area contributed by atoms with E-state index in [9.17, 15) is 59.4 Å². The molecule has 0 spiro atoms. The lowest BCUT2D eigenvalue weighted by Crippen LogP contribution is -2.61. The van der Waals surface area contributed by atoms with Crippen LogP contribution in [0.3, 0.4) is 0 Å². The van der Waals surface area contributed by atoms with Gasteiger partial charge in [0.2, 0.25) is 35.4 Å². The summed E-state index contributed by atoms with van der Waals surface area (Å²) in [5.74, 6) is -5.42. The molecule has 1 fully saturated rings. The molecule has 0 bridgehead atoms. The summed E-state index contributed by atoms with van der Waals surface area (Å²) in [6, 6.07) is 7.10. The molecule has 1 aliphatic rings. The van der Waals surface area contributed by atoms with Crippen LogP contribution >= 0.6 is 0 Å². The number of primary amides is 1. The Kier molecular flexibility index (Phi) is 18.8. The maximum Gasteiger partial charge on any atom is 0.247 e. The van der Waals surface area contributed by atoms with Crippen molar-refractivity contribution >= 4 is 41.1 Å². The number of phenols is 1. The molecule has 60 heavy (non-hydrogen) atoms. The summed E-state index contributed by atoms with van der Waals surface area (Å²) in [5.41, 5.74) is 12.4. The van der Waals surface area contributed by atoms with Crippen LogP contribution < -0.4 is 37.6 Å². The number of anilines is 1. The third-order valence-corrected chi connectivity index (χ3v) is 9.55. The maximum absolute atomic E-state index is 13.8. The first-order valence-electron chi connectivity index (χ1n) is 19.2.